The quantitative estimate of drug-likeness (QED) is 0.516. The summed E-state index contributed by atoms with van der Waals surface area (Å²) in [7, 11) is 0. The van der Waals surface area contributed by atoms with Crippen molar-refractivity contribution in [3.05, 3.63) is 71.3 Å². The van der Waals surface area contributed by atoms with E-state index in [1.54, 1.807) is 35.2 Å². The summed E-state index contributed by atoms with van der Waals surface area (Å²) in [5.41, 5.74) is 1.33. The fraction of sp³-hybridized carbons (Fsp3) is 0.483. The Balaban J connectivity index is 1.58. The molecule has 0 bridgehead atoms. The zero-order chi connectivity index (χ0) is 27.3. The molecule has 0 aliphatic carbocycles. The summed E-state index contributed by atoms with van der Waals surface area (Å²) in [6.45, 7) is 9.68. The van der Waals surface area contributed by atoms with E-state index < -0.39 is 11.9 Å². The number of hydrogen-bond acceptors (Lipinski definition) is 5. The van der Waals surface area contributed by atoms with Crippen molar-refractivity contribution in [2.24, 2.45) is 10.5 Å². The van der Waals surface area contributed by atoms with Crippen molar-refractivity contribution in [1.29, 1.82) is 0 Å². The number of amides is 2. The Morgan fingerprint density at radius 3 is 2.39 bits per heavy atom. The van der Waals surface area contributed by atoms with Gasteiger partial charge in [0.05, 0.1) is 25.0 Å². The number of halogens is 2. The predicted octanol–water partition coefficient (Wildman–Crippen LogP) is 4.24. The summed E-state index contributed by atoms with van der Waals surface area (Å²) in [4.78, 5) is 30.8. The highest BCUT2D eigenvalue weighted by Crippen LogP contribution is 2.34. The average molecular weight is 527 g/mol. The summed E-state index contributed by atoms with van der Waals surface area (Å²) in [5, 5.41) is 5.87. The topological polar surface area (TPSA) is 65.5 Å². The molecule has 1 unspecified atom stereocenters. The van der Waals surface area contributed by atoms with Crippen LogP contribution in [0.3, 0.4) is 0 Å². The molecule has 38 heavy (non-hydrogen) atoms. The molecule has 2 heterocycles. The number of carbonyl (C=O) groups excluding carboxylic acids is 2. The Morgan fingerprint density at radius 1 is 1.05 bits per heavy atom. The van der Waals surface area contributed by atoms with E-state index in [0.717, 1.165) is 13.1 Å². The third kappa shape index (κ3) is 7.23. The van der Waals surface area contributed by atoms with E-state index in [4.69, 9.17) is 4.74 Å². The maximum atomic E-state index is 14.8. The zero-order valence-electron chi connectivity index (χ0n) is 22.3. The molecular formula is C29H36F2N4O3. The Bertz CT molecular complexity index is 1160. The average Bonchev–Trinajstić information content (AvgIpc) is 3.32. The molecule has 0 aromatic heterocycles. The lowest BCUT2D eigenvalue weighted by Gasteiger charge is -2.32. The van der Waals surface area contributed by atoms with E-state index in [-0.39, 0.29) is 36.0 Å². The van der Waals surface area contributed by atoms with Gasteiger partial charge in [0.1, 0.15) is 18.2 Å². The van der Waals surface area contributed by atoms with E-state index in [1.807, 2.05) is 20.8 Å². The summed E-state index contributed by atoms with van der Waals surface area (Å²) in [5.74, 6) is -1.30. The summed E-state index contributed by atoms with van der Waals surface area (Å²) >= 11 is 0. The summed E-state index contributed by atoms with van der Waals surface area (Å²) in [6.07, 6.45) is 0.576. The number of rotatable bonds is 8. The first kappa shape index (κ1) is 27.9. The lowest BCUT2D eigenvalue weighted by molar-refractivity contribution is -0.142. The zero-order valence-corrected chi connectivity index (χ0v) is 22.3. The fourth-order valence-electron chi connectivity index (χ4n) is 4.72. The van der Waals surface area contributed by atoms with Crippen molar-refractivity contribution in [2.75, 3.05) is 45.9 Å². The molecule has 2 amide bonds. The Labute approximate surface area is 223 Å². The number of carbonyl (C=O) groups is 2. The molecule has 1 atom stereocenters. The minimum atomic E-state index is -0.664. The molecule has 9 heteroatoms. The maximum absolute atomic E-state index is 14.8. The number of hydrazone groups is 1. The number of nitrogens with zero attached hydrogens (tertiary/aromatic N) is 4. The van der Waals surface area contributed by atoms with E-state index in [2.05, 4.69) is 10.0 Å². The van der Waals surface area contributed by atoms with Crippen molar-refractivity contribution < 1.29 is 23.1 Å². The van der Waals surface area contributed by atoms with Gasteiger partial charge in [-0.05, 0) is 29.2 Å². The number of hydrogen-bond donors (Lipinski definition) is 0. The molecule has 2 aromatic carbocycles. The number of benzene rings is 2. The monoisotopic (exact) mass is 526 g/mol. The minimum Gasteiger partial charge on any atom is -0.379 e. The van der Waals surface area contributed by atoms with Gasteiger partial charge in [0.2, 0.25) is 5.91 Å². The number of morpholine rings is 1. The van der Waals surface area contributed by atoms with Gasteiger partial charge < -0.3 is 9.64 Å². The van der Waals surface area contributed by atoms with Crippen LogP contribution in [0.1, 0.15) is 50.8 Å². The van der Waals surface area contributed by atoms with E-state index in [9.17, 15) is 18.4 Å². The van der Waals surface area contributed by atoms with Crippen molar-refractivity contribution in [1.82, 2.24) is 14.8 Å². The van der Waals surface area contributed by atoms with Gasteiger partial charge in [-0.1, -0.05) is 51.1 Å². The molecule has 1 saturated heterocycles. The lowest BCUT2D eigenvalue weighted by atomic mass is 9.91. The second-order valence-corrected chi connectivity index (χ2v) is 11.0. The molecule has 7 nitrogen and oxygen atoms in total. The van der Waals surface area contributed by atoms with Gasteiger partial charge in [-0.25, -0.2) is 13.8 Å². The second kappa shape index (κ2) is 12.1. The van der Waals surface area contributed by atoms with Crippen LogP contribution in [0.2, 0.25) is 0 Å². The van der Waals surface area contributed by atoms with Crippen LogP contribution in [0, 0.1) is 17.0 Å². The van der Waals surface area contributed by atoms with Crippen LogP contribution in [-0.2, 0) is 14.3 Å². The summed E-state index contributed by atoms with van der Waals surface area (Å²) < 4.78 is 33.8. The third-order valence-electron chi connectivity index (χ3n) is 6.76. The predicted molar refractivity (Wildman–Crippen MR) is 141 cm³/mol. The SMILES string of the molecule is CC(C)(C)CC(=O)N(CCN1CCOCC1)CC(=O)N1N=C(c2ccc(F)cc2)CC1c1ccccc1F. The molecule has 2 aliphatic heterocycles. The normalized spacial score (nSPS) is 18.4. The van der Waals surface area contributed by atoms with Gasteiger partial charge in [-0.3, -0.25) is 14.5 Å². The molecule has 4 rings (SSSR count). The Morgan fingerprint density at radius 2 is 1.74 bits per heavy atom. The standard InChI is InChI=1S/C29H36F2N4O3/c1-29(2,3)19-27(36)34(13-12-33-14-16-38-17-15-33)20-28(37)35-26(23-6-4-5-7-24(23)31)18-25(32-35)21-8-10-22(30)11-9-21/h4-11,26H,12-20H2,1-3H3. The first-order valence-corrected chi connectivity index (χ1v) is 13.1. The van der Waals surface area contributed by atoms with Gasteiger partial charge >= 0.3 is 0 Å². The molecule has 0 spiro atoms. The van der Waals surface area contributed by atoms with Crippen LogP contribution in [0.15, 0.2) is 53.6 Å². The van der Waals surface area contributed by atoms with Crippen LogP contribution in [0.4, 0.5) is 8.78 Å². The maximum Gasteiger partial charge on any atom is 0.262 e. The van der Waals surface area contributed by atoms with Crippen molar-refractivity contribution in [3.63, 3.8) is 0 Å². The minimum absolute atomic E-state index is 0.108. The third-order valence-corrected chi connectivity index (χ3v) is 6.76. The van der Waals surface area contributed by atoms with Crippen molar-refractivity contribution in [2.45, 2.75) is 39.7 Å². The Kier molecular flexibility index (Phi) is 8.89. The van der Waals surface area contributed by atoms with Crippen LogP contribution < -0.4 is 0 Å². The van der Waals surface area contributed by atoms with E-state index in [0.29, 0.717) is 49.6 Å². The Hall–Kier alpha value is -3.17. The number of ether oxygens (including phenoxy) is 1. The van der Waals surface area contributed by atoms with Crippen molar-refractivity contribution in [3.8, 4) is 0 Å². The van der Waals surface area contributed by atoms with Gasteiger partial charge in [0.15, 0.2) is 0 Å². The van der Waals surface area contributed by atoms with Crippen LogP contribution >= 0.6 is 0 Å². The van der Waals surface area contributed by atoms with Gasteiger partial charge in [0.25, 0.3) is 5.91 Å². The second-order valence-electron chi connectivity index (χ2n) is 11.0. The van der Waals surface area contributed by atoms with Crippen LogP contribution in [-0.4, -0.2) is 78.3 Å². The lowest BCUT2D eigenvalue weighted by Crippen LogP contribution is -2.47. The smallest absolute Gasteiger partial charge is 0.262 e. The van der Waals surface area contributed by atoms with Crippen LogP contribution in [0.25, 0.3) is 0 Å². The fourth-order valence-corrected chi connectivity index (χ4v) is 4.72. The van der Waals surface area contributed by atoms with Gasteiger partial charge in [0, 0.05) is 44.6 Å². The highest BCUT2D eigenvalue weighted by molar-refractivity contribution is 6.03. The first-order valence-electron chi connectivity index (χ1n) is 13.1. The van der Waals surface area contributed by atoms with Crippen LogP contribution in [0.5, 0.6) is 0 Å². The molecule has 0 N–H and O–H groups in total. The van der Waals surface area contributed by atoms with Gasteiger partial charge in [-0.15, -0.1) is 0 Å². The molecule has 2 aromatic rings. The van der Waals surface area contributed by atoms with Gasteiger partial charge in [-0.2, -0.15) is 5.10 Å². The highest BCUT2D eigenvalue weighted by Gasteiger charge is 2.36. The highest BCUT2D eigenvalue weighted by atomic mass is 19.1. The molecule has 2 aliphatic rings. The summed E-state index contributed by atoms with van der Waals surface area (Å²) in [6, 6.07) is 11.5. The molecule has 0 radical (unpaired) electrons. The van der Waals surface area contributed by atoms with E-state index >= 15 is 0 Å². The molecular weight excluding hydrogens is 490 g/mol. The molecule has 1 fully saturated rings. The largest absolute Gasteiger partial charge is 0.379 e. The van der Waals surface area contributed by atoms with Crippen molar-refractivity contribution >= 4 is 17.5 Å². The van der Waals surface area contributed by atoms with E-state index in [1.165, 1.54) is 23.2 Å². The molecule has 0 saturated carbocycles. The first-order chi connectivity index (χ1) is 18.1. The molecule has 204 valence electrons.